The maximum absolute atomic E-state index is 11.3. The molecule has 4 nitrogen and oxygen atoms in total. The summed E-state index contributed by atoms with van der Waals surface area (Å²) in [6.07, 6.45) is 2.71. The van der Waals surface area contributed by atoms with E-state index in [9.17, 15) is 4.79 Å². The van der Waals surface area contributed by atoms with Crippen molar-refractivity contribution in [3.63, 3.8) is 0 Å². The number of H-pyrrole nitrogens is 1. The molecule has 4 heteroatoms. The molecular formula is C11H10N2O2. The van der Waals surface area contributed by atoms with Crippen LogP contribution in [0.3, 0.4) is 0 Å². The van der Waals surface area contributed by atoms with Gasteiger partial charge in [0.1, 0.15) is 5.75 Å². The molecule has 76 valence electrons. The number of hydrogen-bond donors (Lipinski definition) is 1. The van der Waals surface area contributed by atoms with Crippen LogP contribution in [0.4, 0.5) is 0 Å². The standard InChI is InChI=1S/C11H10N2O2/c1-8-2-4-9(5-3-8)15-10-6-12-7-13-11(10)14/h2-7H,1H3,(H,12,13,14). The molecule has 1 N–H and O–H groups in total. The highest BCUT2D eigenvalue weighted by Gasteiger charge is 2.01. The minimum atomic E-state index is -0.287. The molecule has 0 unspecified atom stereocenters. The van der Waals surface area contributed by atoms with Gasteiger partial charge in [-0.25, -0.2) is 4.98 Å². The van der Waals surface area contributed by atoms with Crippen LogP contribution in [-0.2, 0) is 0 Å². The number of rotatable bonds is 2. The molecule has 0 aliphatic heterocycles. The van der Waals surface area contributed by atoms with Gasteiger partial charge in [0.25, 0.3) is 5.56 Å². The van der Waals surface area contributed by atoms with Crippen LogP contribution in [0.2, 0.25) is 0 Å². The lowest BCUT2D eigenvalue weighted by molar-refractivity contribution is 0.471. The van der Waals surface area contributed by atoms with Crippen molar-refractivity contribution in [1.29, 1.82) is 0 Å². The van der Waals surface area contributed by atoms with E-state index in [1.807, 2.05) is 31.2 Å². The molecule has 0 spiro atoms. The highest BCUT2D eigenvalue weighted by atomic mass is 16.5. The lowest BCUT2D eigenvalue weighted by Crippen LogP contribution is -2.07. The number of aromatic amines is 1. The first-order valence-corrected chi connectivity index (χ1v) is 4.53. The number of aromatic nitrogens is 2. The van der Waals surface area contributed by atoms with Gasteiger partial charge in [-0.05, 0) is 19.1 Å². The normalized spacial score (nSPS) is 9.93. The quantitative estimate of drug-likeness (QED) is 0.808. The summed E-state index contributed by atoms with van der Waals surface area (Å²) in [6.45, 7) is 1.99. The first-order valence-electron chi connectivity index (χ1n) is 4.53. The Morgan fingerprint density at radius 3 is 2.67 bits per heavy atom. The Balaban J connectivity index is 2.26. The summed E-state index contributed by atoms with van der Waals surface area (Å²) >= 11 is 0. The van der Waals surface area contributed by atoms with Crippen molar-refractivity contribution < 1.29 is 4.74 Å². The average molecular weight is 202 g/mol. The zero-order valence-corrected chi connectivity index (χ0v) is 8.23. The lowest BCUT2D eigenvalue weighted by atomic mass is 10.2. The summed E-state index contributed by atoms with van der Waals surface area (Å²) in [7, 11) is 0. The highest BCUT2D eigenvalue weighted by Crippen LogP contribution is 2.17. The van der Waals surface area contributed by atoms with Crippen molar-refractivity contribution in [1.82, 2.24) is 9.97 Å². The average Bonchev–Trinajstić information content (AvgIpc) is 2.25. The summed E-state index contributed by atoms with van der Waals surface area (Å²) in [5.74, 6) is 0.820. The molecule has 0 saturated carbocycles. The van der Waals surface area contributed by atoms with Gasteiger partial charge in [0.15, 0.2) is 0 Å². The summed E-state index contributed by atoms with van der Waals surface area (Å²) in [5.41, 5.74) is 0.855. The molecule has 0 bridgehead atoms. The van der Waals surface area contributed by atoms with Crippen LogP contribution in [0.15, 0.2) is 41.6 Å². The topological polar surface area (TPSA) is 55.0 Å². The summed E-state index contributed by atoms with van der Waals surface area (Å²) in [5, 5.41) is 0. The molecule has 0 radical (unpaired) electrons. The van der Waals surface area contributed by atoms with Crippen LogP contribution in [0.5, 0.6) is 11.5 Å². The third-order valence-corrected chi connectivity index (χ3v) is 1.93. The molecule has 2 aromatic rings. The molecular weight excluding hydrogens is 192 g/mol. The lowest BCUT2D eigenvalue weighted by Gasteiger charge is -2.03. The Kier molecular flexibility index (Phi) is 2.49. The van der Waals surface area contributed by atoms with E-state index in [0.717, 1.165) is 5.56 Å². The third-order valence-electron chi connectivity index (χ3n) is 1.93. The minimum absolute atomic E-state index is 0.196. The summed E-state index contributed by atoms with van der Waals surface area (Å²) in [6, 6.07) is 7.45. The number of ether oxygens (including phenoxy) is 1. The first kappa shape index (κ1) is 9.45. The second-order valence-corrected chi connectivity index (χ2v) is 3.16. The van der Waals surface area contributed by atoms with Gasteiger partial charge < -0.3 is 9.72 Å². The second kappa shape index (κ2) is 3.96. The van der Waals surface area contributed by atoms with Crippen molar-refractivity contribution in [2.75, 3.05) is 0 Å². The Morgan fingerprint density at radius 2 is 2.00 bits per heavy atom. The zero-order valence-electron chi connectivity index (χ0n) is 8.23. The SMILES string of the molecule is Cc1ccc(Oc2cnc[nH]c2=O)cc1. The van der Waals surface area contributed by atoms with E-state index in [-0.39, 0.29) is 11.3 Å². The molecule has 0 aliphatic rings. The predicted molar refractivity (Wildman–Crippen MR) is 56.1 cm³/mol. The molecule has 0 fully saturated rings. The molecule has 1 heterocycles. The Hall–Kier alpha value is -2.10. The van der Waals surface area contributed by atoms with E-state index in [1.54, 1.807) is 0 Å². The fraction of sp³-hybridized carbons (Fsp3) is 0.0909. The van der Waals surface area contributed by atoms with E-state index < -0.39 is 0 Å². The molecule has 0 saturated heterocycles. The van der Waals surface area contributed by atoms with Crippen molar-refractivity contribution >= 4 is 0 Å². The first-order chi connectivity index (χ1) is 7.25. The molecule has 0 amide bonds. The van der Waals surface area contributed by atoms with Crippen LogP contribution in [0.1, 0.15) is 5.56 Å². The monoisotopic (exact) mass is 202 g/mol. The summed E-state index contributed by atoms with van der Waals surface area (Å²) in [4.78, 5) is 17.5. The number of hydrogen-bond acceptors (Lipinski definition) is 3. The maximum Gasteiger partial charge on any atom is 0.293 e. The van der Waals surface area contributed by atoms with E-state index >= 15 is 0 Å². The van der Waals surface area contributed by atoms with Crippen LogP contribution in [-0.4, -0.2) is 9.97 Å². The molecule has 2 rings (SSSR count). The maximum atomic E-state index is 11.3. The van der Waals surface area contributed by atoms with Crippen molar-refractivity contribution in [3.05, 3.63) is 52.7 Å². The van der Waals surface area contributed by atoms with Gasteiger partial charge in [-0.2, -0.15) is 0 Å². The second-order valence-electron chi connectivity index (χ2n) is 3.16. The number of nitrogens with zero attached hydrogens (tertiary/aromatic N) is 1. The fourth-order valence-electron chi connectivity index (χ4n) is 1.14. The number of benzene rings is 1. The molecule has 1 aromatic heterocycles. The zero-order chi connectivity index (χ0) is 10.7. The van der Waals surface area contributed by atoms with Crippen LogP contribution >= 0.6 is 0 Å². The van der Waals surface area contributed by atoms with E-state index in [4.69, 9.17) is 4.74 Å². The van der Waals surface area contributed by atoms with Gasteiger partial charge in [0.05, 0.1) is 12.5 Å². The Labute approximate surface area is 86.6 Å². The summed E-state index contributed by atoms with van der Waals surface area (Å²) < 4.78 is 5.36. The largest absolute Gasteiger partial charge is 0.450 e. The van der Waals surface area contributed by atoms with Crippen LogP contribution in [0, 0.1) is 6.92 Å². The predicted octanol–water partition coefficient (Wildman–Crippen LogP) is 1.87. The molecule has 0 aliphatic carbocycles. The van der Waals surface area contributed by atoms with Gasteiger partial charge in [0.2, 0.25) is 5.75 Å². The van der Waals surface area contributed by atoms with Crippen molar-refractivity contribution in [2.45, 2.75) is 6.92 Å². The molecule has 1 aromatic carbocycles. The number of aryl methyl sites for hydroxylation is 1. The Bertz CT molecular complexity index is 502. The van der Waals surface area contributed by atoms with Gasteiger partial charge in [0, 0.05) is 0 Å². The minimum Gasteiger partial charge on any atom is -0.450 e. The van der Waals surface area contributed by atoms with E-state index in [2.05, 4.69) is 9.97 Å². The fourth-order valence-corrected chi connectivity index (χ4v) is 1.14. The van der Waals surface area contributed by atoms with Gasteiger partial charge >= 0.3 is 0 Å². The molecule has 0 atom stereocenters. The van der Waals surface area contributed by atoms with Crippen LogP contribution in [0.25, 0.3) is 0 Å². The Morgan fingerprint density at radius 1 is 1.27 bits per heavy atom. The van der Waals surface area contributed by atoms with Gasteiger partial charge in [-0.15, -0.1) is 0 Å². The third kappa shape index (κ3) is 2.22. The molecule has 15 heavy (non-hydrogen) atoms. The van der Waals surface area contributed by atoms with Crippen molar-refractivity contribution in [2.24, 2.45) is 0 Å². The van der Waals surface area contributed by atoms with Crippen LogP contribution < -0.4 is 10.3 Å². The van der Waals surface area contributed by atoms with E-state index in [0.29, 0.717) is 5.75 Å². The highest BCUT2D eigenvalue weighted by molar-refractivity contribution is 5.30. The van der Waals surface area contributed by atoms with Gasteiger partial charge in [-0.3, -0.25) is 4.79 Å². The van der Waals surface area contributed by atoms with Gasteiger partial charge in [-0.1, -0.05) is 17.7 Å². The van der Waals surface area contributed by atoms with E-state index in [1.165, 1.54) is 12.5 Å². The van der Waals surface area contributed by atoms with Crippen molar-refractivity contribution in [3.8, 4) is 11.5 Å². The number of nitrogens with one attached hydrogen (secondary N) is 1. The smallest absolute Gasteiger partial charge is 0.293 e.